The summed E-state index contributed by atoms with van der Waals surface area (Å²) in [6.07, 6.45) is 0.845. The monoisotopic (exact) mass is 387 g/mol. The Kier molecular flexibility index (Phi) is 7.96. The van der Waals surface area contributed by atoms with Crippen LogP contribution in [0.3, 0.4) is 0 Å². The van der Waals surface area contributed by atoms with Crippen molar-refractivity contribution in [2.45, 2.75) is 45.1 Å². The average Bonchev–Trinajstić information content (AvgIpc) is 2.47. The second-order valence-corrected chi connectivity index (χ2v) is 7.06. The lowest BCUT2D eigenvalue weighted by molar-refractivity contribution is -0.146. The molecule has 0 heterocycles. The normalized spacial score (nSPS) is 11.9. The number of aryl methyl sites for hydroxylation is 2. The first kappa shape index (κ1) is 19.0. The molecule has 0 radical (unpaired) electrons. The van der Waals surface area contributed by atoms with Crippen LogP contribution >= 0.6 is 27.7 Å². The smallest absolute Gasteiger partial charge is 0.316 e. The Morgan fingerprint density at radius 1 is 1.32 bits per heavy atom. The van der Waals surface area contributed by atoms with E-state index in [1.807, 2.05) is 39.8 Å². The van der Waals surface area contributed by atoms with Gasteiger partial charge in [-0.15, -0.1) is 11.8 Å². The Balaban J connectivity index is 2.41. The van der Waals surface area contributed by atoms with E-state index in [1.54, 1.807) is 0 Å². The van der Waals surface area contributed by atoms with Crippen LogP contribution in [0, 0.1) is 13.8 Å². The van der Waals surface area contributed by atoms with Gasteiger partial charge in [-0.25, -0.2) is 0 Å². The molecule has 0 bridgehead atoms. The summed E-state index contributed by atoms with van der Waals surface area (Å²) < 4.78 is 6.04. The number of amides is 1. The van der Waals surface area contributed by atoms with Crippen LogP contribution in [-0.4, -0.2) is 30.3 Å². The molecule has 1 unspecified atom stereocenters. The van der Waals surface area contributed by atoms with Gasteiger partial charge in [-0.05, 0) is 50.5 Å². The zero-order chi connectivity index (χ0) is 16.7. The zero-order valence-electron chi connectivity index (χ0n) is 13.4. The maximum atomic E-state index is 11.7. The number of rotatable bonds is 7. The first-order chi connectivity index (χ1) is 10.3. The van der Waals surface area contributed by atoms with Crippen LogP contribution in [0.4, 0.5) is 0 Å². The van der Waals surface area contributed by atoms with Gasteiger partial charge in [0.2, 0.25) is 0 Å². The molecule has 0 aliphatic rings. The van der Waals surface area contributed by atoms with Crippen LogP contribution in [0.1, 0.15) is 31.4 Å². The van der Waals surface area contributed by atoms with Gasteiger partial charge < -0.3 is 10.1 Å². The molecule has 0 fully saturated rings. The zero-order valence-corrected chi connectivity index (χ0v) is 15.8. The number of halogens is 1. The molecule has 6 heteroatoms. The Hall–Kier alpha value is -1.01. The molecular formula is C16H22BrNO3S. The largest absolute Gasteiger partial charge is 0.455 e. The van der Waals surface area contributed by atoms with Gasteiger partial charge in [0.25, 0.3) is 5.91 Å². The summed E-state index contributed by atoms with van der Waals surface area (Å²) in [5.41, 5.74) is 2.22. The predicted octanol–water partition coefficient (Wildman–Crippen LogP) is 3.62. The van der Waals surface area contributed by atoms with E-state index >= 15 is 0 Å². The number of ether oxygens (including phenoxy) is 1. The van der Waals surface area contributed by atoms with E-state index in [2.05, 4.69) is 21.2 Å². The van der Waals surface area contributed by atoms with E-state index < -0.39 is 0 Å². The summed E-state index contributed by atoms with van der Waals surface area (Å²) in [7, 11) is 0. The quantitative estimate of drug-likeness (QED) is 0.573. The van der Waals surface area contributed by atoms with Crippen LogP contribution in [0.15, 0.2) is 21.5 Å². The minimum atomic E-state index is -0.385. The standard InChI is InChI=1S/C16H22BrNO3S/c1-5-12(4)18-15(19)8-21-16(20)9-22-14-7-10(2)13(17)6-11(14)3/h6-7,12H,5,8-9H2,1-4H3,(H,18,19). The maximum absolute atomic E-state index is 11.7. The van der Waals surface area contributed by atoms with Gasteiger partial charge in [-0.3, -0.25) is 9.59 Å². The first-order valence-corrected chi connectivity index (χ1v) is 8.95. The number of hydrogen-bond acceptors (Lipinski definition) is 4. The lowest BCUT2D eigenvalue weighted by Gasteiger charge is -2.12. The van der Waals surface area contributed by atoms with Crippen molar-refractivity contribution < 1.29 is 14.3 Å². The minimum Gasteiger partial charge on any atom is -0.455 e. The van der Waals surface area contributed by atoms with Gasteiger partial charge in [-0.2, -0.15) is 0 Å². The maximum Gasteiger partial charge on any atom is 0.316 e. The molecule has 1 aromatic carbocycles. The number of benzene rings is 1. The Morgan fingerprint density at radius 3 is 2.64 bits per heavy atom. The van der Waals surface area contributed by atoms with Crippen molar-refractivity contribution >= 4 is 39.6 Å². The highest BCUT2D eigenvalue weighted by Crippen LogP contribution is 2.28. The first-order valence-electron chi connectivity index (χ1n) is 7.18. The molecule has 0 aromatic heterocycles. The van der Waals surface area contributed by atoms with E-state index in [4.69, 9.17) is 4.74 Å². The highest BCUT2D eigenvalue weighted by molar-refractivity contribution is 9.10. The fraction of sp³-hybridized carbons (Fsp3) is 0.500. The molecule has 0 saturated carbocycles. The Labute approximate surface area is 144 Å². The molecule has 1 aromatic rings. The number of carbonyl (C=O) groups is 2. The highest BCUT2D eigenvalue weighted by Gasteiger charge is 2.11. The van der Waals surface area contributed by atoms with Crippen molar-refractivity contribution in [3.8, 4) is 0 Å². The lowest BCUT2D eigenvalue weighted by atomic mass is 10.2. The van der Waals surface area contributed by atoms with Crippen molar-refractivity contribution in [2.24, 2.45) is 0 Å². The third-order valence-electron chi connectivity index (χ3n) is 3.19. The summed E-state index contributed by atoms with van der Waals surface area (Å²) in [5, 5.41) is 2.75. The molecule has 1 atom stereocenters. The molecule has 1 amide bonds. The third-order valence-corrected chi connectivity index (χ3v) is 5.17. The second-order valence-electron chi connectivity index (χ2n) is 5.19. The van der Waals surface area contributed by atoms with E-state index in [-0.39, 0.29) is 30.3 Å². The third kappa shape index (κ3) is 6.40. The molecular weight excluding hydrogens is 366 g/mol. The molecule has 0 aliphatic carbocycles. The van der Waals surface area contributed by atoms with Crippen molar-refractivity contribution in [1.82, 2.24) is 5.32 Å². The molecule has 4 nitrogen and oxygen atoms in total. The van der Waals surface area contributed by atoms with Crippen LogP contribution in [0.25, 0.3) is 0 Å². The van der Waals surface area contributed by atoms with Gasteiger partial charge in [0.15, 0.2) is 6.61 Å². The highest BCUT2D eigenvalue weighted by atomic mass is 79.9. The van der Waals surface area contributed by atoms with Crippen LogP contribution < -0.4 is 5.32 Å². The molecule has 1 N–H and O–H groups in total. The Morgan fingerprint density at radius 2 is 2.00 bits per heavy atom. The summed E-state index contributed by atoms with van der Waals surface area (Å²) in [6.45, 7) is 7.68. The second kappa shape index (κ2) is 9.20. The SMILES string of the molecule is CCC(C)NC(=O)COC(=O)CSc1cc(C)c(Br)cc1C. The van der Waals surface area contributed by atoms with Crippen molar-refractivity contribution in [1.29, 1.82) is 0 Å². The molecule has 0 aliphatic heterocycles. The van der Waals surface area contributed by atoms with E-state index in [9.17, 15) is 9.59 Å². The van der Waals surface area contributed by atoms with Gasteiger partial charge in [-0.1, -0.05) is 22.9 Å². The topological polar surface area (TPSA) is 55.4 Å². The van der Waals surface area contributed by atoms with Gasteiger partial charge in [0.1, 0.15) is 0 Å². The van der Waals surface area contributed by atoms with Gasteiger partial charge in [0, 0.05) is 15.4 Å². The van der Waals surface area contributed by atoms with E-state index in [0.717, 1.165) is 26.9 Å². The minimum absolute atomic E-state index is 0.0916. The number of hydrogen-bond donors (Lipinski definition) is 1. The lowest BCUT2D eigenvalue weighted by Crippen LogP contribution is -2.35. The average molecular weight is 388 g/mol. The number of esters is 1. The fourth-order valence-corrected chi connectivity index (χ4v) is 3.01. The summed E-state index contributed by atoms with van der Waals surface area (Å²) in [4.78, 5) is 24.3. The summed E-state index contributed by atoms with van der Waals surface area (Å²) in [5.74, 6) is -0.453. The van der Waals surface area contributed by atoms with Crippen LogP contribution in [-0.2, 0) is 14.3 Å². The van der Waals surface area contributed by atoms with Gasteiger partial charge in [0.05, 0.1) is 5.75 Å². The molecule has 0 saturated heterocycles. The molecule has 122 valence electrons. The van der Waals surface area contributed by atoms with Crippen LogP contribution in [0.5, 0.6) is 0 Å². The van der Waals surface area contributed by atoms with Crippen molar-refractivity contribution in [3.05, 3.63) is 27.7 Å². The predicted molar refractivity (Wildman–Crippen MR) is 93.2 cm³/mol. The fourth-order valence-electron chi connectivity index (χ4n) is 1.65. The summed E-state index contributed by atoms with van der Waals surface area (Å²) in [6, 6.07) is 4.16. The van der Waals surface area contributed by atoms with Crippen LogP contribution in [0.2, 0.25) is 0 Å². The van der Waals surface area contributed by atoms with Gasteiger partial charge >= 0.3 is 5.97 Å². The van der Waals surface area contributed by atoms with Crippen molar-refractivity contribution in [2.75, 3.05) is 12.4 Å². The Bertz CT molecular complexity index is 548. The van der Waals surface area contributed by atoms with Crippen molar-refractivity contribution in [3.63, 3.8) is 0 Å². The van der Waals surface area contributed by atoms with E-state index in [1.165, 1.54) is 11.8 Å². The molecule has 22 heavy (non-hydrogen) atoms. The number of carbonyl (C=O) groups excluding carboxylic acids is 2. The van der Waals surface area contributed by atoms with E-state index in [0.29, 0.717) is 0 Å². The number of thioether (sulfide) groups is 1. The number of nitrogens with one attached hydrogen (secondary N) is 1. The summed E-state index contributed by atoms with van der Waals surface area (Å²) >= 11 is 4.90. The molecule has 0 spiro atoms. The molecule has 1 rings (SSSR count).